The Labute approximate surface area is 81.8 Å². The van der Waals surface area contributed by atoms with Crippen molar-refractivity contribution in [2.75, 3.05) is 0 Å². The van der Waals surface area contributed by atoms with Gasteiger partial charge in [0, 0.05) is 13.2 Å². The number of furan rings is 1. The third-order valence-corrected chi connectivity index (χ3v) is 2.04. The molecule has 4 heteroatoms. The van der Waals surface area contributed by atoms with Crippen molar-refractivity contribution in [2.45, 2.75) is 13.0 Å². The Morgan fingerprint density at radius 2 is 2.29 bits per heavy atom. The summed E-state index contributed by atoms with van der Waals surface area (Å²) in [4.78, 5) is 4.05. The van der Waals surface area contributed by atoms with Crippen LogP contribution in [0.15, 0.2) is 29.1 Å². The Balaban J connectivity index is 2.28. The first-order valence-corrected chi connectivity index (χ1v) is 4.39. The first-order valence-electron chi connectivity index (χ1n) is 4.39. The summed E-state index contributed by atoms with van der Waals surface area (Å²) in [5.74, 6) is 1.32. The highest BCUT2D eigenvalue weighted by Crippen LogP contribution is 2.21. The summed E-state index contributed by atoms with van der Waals surface area (Å²) < 4.78 is 7.10. The monoisotopic (exact) mass is 192 g/mol. The number of hydrogen-bond donors (Lipinski definition) is 1. The molecule has 0 aliphatic carbocycles. The molecule has 1 unspecified atom stereocenters. The van der Waals surface area contributed by atoms with Gasteiger partial charge >= 0.3 is 0 Å². The van der Waals surface area contributed by atoms with E-state index in [1.54, 1.807) is 23.2 Å². The maximum absolute atomic E-state index is 9.85. The van der Waals surface area contributed by atoms with E-state index in [9.17, 15) is 5.11 Å². The molecule has 0 spiro atoms. The first kappa shape index (κ1) is 9.02. The molecule has 1 atom stereocenters. The topological polar surface area (TPSA) is 51.2 Å². The van der Waals surface area contributed by atoms with Gasteiger partial charge < -0.3 is 14.1 Å². The average Bonchev–Trinajstić information content (AvgIpc) is 2.73. The lowest BCUT2D eigenvalue weighted by Gasteiger charge is -2.02. The van der Waals surface area contributed by atoms with Gasteiger partial charge in [-0.2, -0.15) is 0 Å². The molecular weight excluding hydrogens is 180 g/mol. The van der Waals surface area contributed by atoms with Crippen molar-refractivity contribution in [1.82, 2.24) is 9.55 Å². The second-order valence-corrected chi connectivity index (χ2v) is 3.31. The molecular formula is C10H12N2O2. The molecule has 0 radical (unpaired) electrons. The number of hydrogen-bond acceptors (Lipinski definition) is 3. The summed E-state index contributed by atoms with van der Waals surface area (Å²) in [6, 6.07) is 3.58. The van der Waals surface area contributed by atoms with Gasteiger partial charge in [0.15, 0.2) is 6.10 Å². The minimum atomic E-state index is -0.773. The number of aliphatic hydroxyl groups is 1. The predicted octanol–water partition coefficient (Wildman–Crippen LogP) is 1.40. The summed E-state index contributed by atoms with van der Waals surface area (Å²) in [7, 11) is 1.86. The number of rotatable bonds is 2. The zero-order chi connectivity index (χ0) is 10.1. The molecule has 0 aromatic carbocycles. The fraction of sp³-hybridized carbons (Fsp3) is 0.300. The molecule has 2 heterocycles. The molecule has 0 fully saturated rings. The van der Waals surface area contributed by atoms with E-state index in [-0.39, 0.29) is 0 Å². The smallest absolute Gasteiger partial charge is 0.155 e. The lowest BCUT2D eigenvalue weighted by Crippen LogP contribution is -1.98. The molecule has 14 heavy (non-hydrogen) atoms. The number of aryl methyl sites for hydroxylation is 2. The third kappa shape index (κ3) is 1.56. The van der Waals surface area contributed by atoms with Crippen LogP contribution in [0.5, 0.6) is 0 Å². The van der Waals surface area contributed by atoms with Crippen molar-refractivity contribution in [3.63, 3.8) is 0 Å². The maximum atomic E-state index is 9.85. The Morgan fingerprint density at radius 1 is 1.50 bits per heavy atom. The average molecular weight is 192 g/mol. The van der Waals surface area contributed by atoms with Crippen molar-refractivity contribution in [1.29, 1.82) is 0 Å². The second-order valence-electron chi connectivity index (χ2n) is 3.31. The van der Waals surface area contributed by atoms with Crippen LogP contribution in [0.3, 0.4) is 0 Å². The van der Waals surface area contributed by atoms with E-state index in [4.69, 9.17) is 4.42 Å². The molecule has 0 saturated carbocycles. The van der Waals surface area contributed by atoms with Crippen LogP contribution in [0, 0.1) is 6.92 Å². The van der Waals surface area contributed by atoms with Crippen molar-refractivity contribution >= 4 is 0 Å². The van der Waals surface area contributed by atoms with Crippen LogP contribution < -0.4 is 0 Å². The van der Waals surface area contributed by atoms with Crippen LogP contribution in [0.25, 0.3) is 0 Å². The van der Waals surface area contributed by atoms with Gasteiger partial charge in [0.05, 0.1) is 12.0 Å². The highest BCUT2D eigenvalue weighted by atomic mass is 16.4. The SMILES string of the molecule is Cc1ccc(C(O)c2cn(C)cn2)o1. The second kappa shape index (κ2) is 3.31. The summed E-state index contributed by atoms with van der Waals surface area (Å²) in [6.07, 6.45) is 2.64. The summed E-state index contributed by atoms with van der Waals surface area (Å²) in [6.45, 7) is 1.84. The molecule has 2 rings (SSSR count). The van der Waals surface area contributed by atoms with Crippen molar-refractivity contribution in [3.05, 3.63) is 41.9 Å². The Hall–Kier alpha value is -1.55. The molecule has 2 aromatic rings. The van der Waals surface area contributed by atoms with Crippen LogP contribution in [0.4, 0.5) is 0 Å². The van der Waals surface area contributed by atoms with Gasteiger partial charge in [-0.1, -0.05) is 0 Å². The molecule has 0 bridgehead atoms. The molecule has 2 aromatic heterocycles. The number of aromatic nitrogens is 2. The predicted molar refractivity (Wildman–Crippen MR) is 50.7 cm³/mol. The molecule has 4 nitrogen and oxygen atoms in total. The molecule has 0 amide bonds. The van der Waals surface area contributed by atoms with E-state index in [0.29, 0.717) is 11.5 Å². The van der Waals surface area contributed by atoms with Crippen LogP contribution in [-0.4, -0.2) is 14.7 Å². The van der Waals surface area contributed by atoms with Gasteiger partial charge in [-0.05, 0) is 19.1 Å². The maximum Gasteiger partial charge on any atom is 0.155 e. The van der Waals surface area contributed by atoms with Crippen LogP contribution >= 0.6 is 0 Å². The highest BCUT2D eigenvalue weighted by molar-refractivity contribution is 5.17. The third-order valence-electron chi connectivity index (χ3n) is 2.04. The zero-order valence-corrected chi connectivity index (χ0v) is 8.14. The van der Waals surface area contributed by atoms with Gasteiger partial charge in [0.2, 0.25) is 0 Å². The molecule has 0 aliphatic heterocycles. The van der Waals surface area contributed by atoms with E-state index in [0.717, 1.165) is 5.76 Å². The van der Waals surface area contributed by atoms with Gasteiger partial charge in [0.25, 0.3) is 0 Å². The highest BCUT2D eigenvalue weighted by Gasteiger charge is 2.15. The minimum Gasteiger partial charge on any atom is -0.463 e. The molecule has 1 N–H and O–H groups in total. The quantitative estimate of drug-likeness (QED) is 0.782. The van der Waals surface area contributed by atoms with E-state index in [2.05, 4.69) is 4.98 Å². The van der Waals surface area contributed by atoms with Crippen LogP contribution in [0.1, 0.15) is 23.3 Å². The Bertz CT molecular complexity index is 391. The van der Waals surface area contributed by atoms with Gasteiger partial charge in [-0.25, -0.2) is 4.98 Å². The number of imidazole rings is 1. The Kier molecular flexibility index (Phi) is 2.13. The zero-order valence-electron chi connectivity index (χ0n) is 8.14. The summed E-state index contributed by atoms with van der Waals surface area (Å²) in [5.41, 5.74) is 0.599. The summed E-state index contributed by atoms with van der Waals surface area (Å²) in [5, 5.41) is 9.85. The van der Waals surface area contributed by atoms with Gasteiger partial charge in [-0.3, -0.25) is 0 Å². The number of nitrogens with zero attached hydrogens (tertiary/aromatic N) is 2. The standard InChI is InChI=1S/C10H12N2O2/c1-7-3-4-9(14-7)10(13)8-5-12(2)6-11-8/h3-6,10,13H,1-2H3. The molecule has 0 aliphatic rings. The van der Waals surface area contributed by atoms with Crippen LogP contribution in [0.2, 0.25) is 0 Å². The van der Waals surface area contributed by atoms with Gasteiger partial charge in [-0.15, -0.1) is 0 Å². The minimum absolute atomic E-state index is 0.529. The van der Waals surface area contributed by atoms with Crippen molar-refractivity contribution < 1.29 is 9.52 Å². The van der Waals surface area contributed by atoms with Crippen molar-refractivity contribution in [2.24, 2.45) is 7.05 Å². The largest absolute Gasteiger partial charge is 0.463 e. The fourth-order valence-corrected chi connectivity index (χ4v) is 1.32. The first-order chi connectivity index (χ1) is 6.66. The van der Waals surface area contributed by atoms with E-state index < -0.39 is 6.10 Å². The van der Waals surface area contributed by atoms with E-state index in [1.807, 2.05) is 20.0 Å². The Morgan fingerprint density at radius 3 is 2.79 bits per heavy atom. The van der Waals surface area contributed by atoms with E-state index >= 15 is 0 Å². The molecule has 0 saturated heterocycles. The number of aliphatic hydroxyl groups excluding tert-OH is 1. The van der Waals surface area contributed by atoms with E-state index in [1.165, 1.54) is 0 Å². The lowest BCUT2D eigenvalue weighted by molar-refractivity contribution is 0.183. The van der Waals surface area contributed by atoms with Gasteiger partial charge in [0.1, 0.15) is 11.5 Å². The lowest BCUT2D eigenvalue weighted by atomic mass is 10.2. The van der Waals surface area contributed by atoms with Crippen molar-refractivity contribution in [3.8, 4) is 0 Å². The fourth-order valence-electron chi connectivity index (χ4n) is 1.32. The van der Waals surface area contributed by atoms with Crippen LogP contribution in [-0.2, 0) is 7.05 Å². The normalized spacial score (nSPS) is 13.1. The molecule has 74 valence electrons. The summed E-state index contributed by atoms with van der Waals surface area (Å²) >= 11 is 0.